The summed E-state index contributed by atoms with van der Waals surface area (Å²) in [5.41, 5.74) is 2.96. The highest BCUT2D eigenvalue weighted by Crippen LogP contribution is 2.56. The summed E-state index contributed by atoms with van der Waals surface area (Å²) in [4.78, 5) is 12.4. The number of ether oxygens (including phenoxy) is 3. The van der Waals surface area contributed by atoms with Crippen molar-refractivity contribution in [3.63, 3.8) is 0 Å². The van der Waals surface area contributed by atoms with E-state index in [1.165, 1.54) is 5.57 Å². The number of hydrogen-bond donors (Lipinski definition) is 1. The number of benzene rings is 2. The summed E-state index contributed by atoms with van der Waals surface area (Å²) in [6.07, 6.45) is 1.89. The van der Waals surface area contributed by atoms with Crippen LogP contribution in [-0.4, -0.2) is 26.4 Å². The van der Waals surface area contributed by atoms with Crippen LogP contribution in [0.25, 0.3) is 0 Å². The first-order valence-electron chi connectivity index (χ1n) is 10.9. The molecule has 1 aliphatic carbocycles. The van der Waals surface area contributed by atoms with Gasteiger partial charge in [0.1, 0.15) is 12.4 Å². The third-order valence-electron chi connectivity index (χ3n) is 7.19. The van der Waals surface area contributed by atoms with Crippen molar-refractivity contribution in [2.75, 3.05) is 25.6 Å². The normalized spacial score (nSPS) is 29.6. The number of fused-ring (bicyclic) bond motifs is 2. The van der Waals surface area contributed by atoms with Gasteiger partial charge in [0.15, 0.2) is 0 Å². The van der Waals surface area contributed by atoms with Crippen LogP contribution in [0, 0.1) is 23.2 Å². The smallest absolute Gasteiger partial charge is 0.411 e. The molecule has 164 valence electrons. The van der Waals surface area contributed by atoms with Crippen LogP contribution < -0.4 is 10.1 Å². The zero-order valence-corrected chi connectivity index (χ0v) is 18.6. The Hall–Kier alpha value is -2.79. The summed E-state index contributed by atoms with van der Waals surface area (Å²) in [7, 11) is 1.67. The minimum atomic E-state index is -0.430. The van der Waals surface area contributed by atoms with Crippen LogP contribution in [-0.2, 0) is 9.47 Å². The van der Waals surface area contributed by atoms with Crippen molar-refractivity contribution in [2.24, 2.45) is 23.2 Å². The molecule has 0 spiro atoms. The van der Waals surface area contributed by atoms with E-state index >= 15 is 0 Å². The van der Waals surface area contributed by atoms with Crippen LogP contribution >= 0.6 is 0 Å². The lowest BCUT2D eigenvalue weighted by Gasteiger charge is -2.55. The summed E-state index contributed by atoms with van der Waals surface area (Å²) in [5.74, 6) is 1.63. The molecule has 1 N–H and O–H groups in total. The topological polar surface area (TPSA) is 56.8 Å². The van der Waals surface area contributed by atoms with E-state index < -0.39 is 6.09 Å². The Labute approximate surface area is 184 Å². The highest BCUT2D eigenvalue weighted by molar-refractivity contribution is 5.84. The molecule has 0 unspecified atom stereocenters. The molecule has 5 atom stereocenters. The van der Waals surface area contributed by atoms with E-state index in [1.807, 2.05) is 42.5 Å². The monoisotopic (exact) mass is 421 g/mol. The minimum absolute atomic E-state index is 0.0177. The van der Waals surface area contributed by atoms with Crippen molar-refractivity contribution in [1.82, 2.24) is 0 Å². The molecule has 2 aromatic carbocycles. The molecule has 2 aromatic rings. The highest BCUT2D eigenvalue weighted by atomic mass is 16.6. The third kappa shape index (κ3) is 4.07. The Morgan fingerprint density at radius 2 is 1.84 bits per heavy atom. The molecule has 1 amide bonds. The second-order valence-electron chi connectivity index (χ2n) is 8.82. The van der Waals surface area contributed by atoms with Gasteiger partial charge in [0, 0.05) is 17.0 Å². The molecule has 0 radical (unpaired) electrons. The predicted octanol–water partition coefficient (Wildman–Crippen LogP) is 5.85. The third-order valence-corrected chi connectivity index (χ3v) is 7.19. The molecule has 5 heteroatoms. The minimum Gasteiger partial charge on any atom is -0.497 e. The van der Waals surface area contributed by atoms with Crippen molar-refractivity contribution < 1.29 is 19.0 Å². The fraction of sp³-hybridized carbons (Fsp3) is 0.423. The van der Waals surface area contributed by atoms with Crippen LogP contribution in [0.3, 0.4) is 0 Å². The molecular formula is C26H31NO4. The number of carbonyl (C=O) groups excluding carboxylic acids is 1. The molecule has 5 nitrogen and oxygen atoms in total. The fourth-order valence-corrected chi connectivity index (χ4v) is 5.23. The Morgan fingerprint density at radius 1 is 1.13 bits per heavy atom. The number of carbonyl (C=O) groups is 1. The van der Waals surface area contributed by atoms with Gasteiger partial charge in [0.25, 0.3) is 0 Å². The Balaban J connectivity index is 1.51. The van der Waals surface area contributed by atoms with Gasteiger partial charge < -0.3 is 14.2 Å². The van der Waals surface area contributed by atoms with Gasteiger partial charge in [0.2, 0.25) is 0 Å². The first-order chi connectivity index (χ1) is 14.9. The lowest BCUT2D eigenvalue weighted by atomic mass is 9.56. The first kappa shape index (κ1) is 21.4. The van der Waals surface area contributed by atoms with Crippen molar-refractivity contribution in [3.8, 4) is 5.75 Å². The lowest BCUT2D eigenvalue weighted by Crippen LogP contribution is -2.54. The van der Waals surface area contributed by atoms with Crippen molar-refractivity contribution >= 4 is 11.8 Å². The van der Waals surface area contributed by atoms with E-state index in [2.05, 4.69) is 44.3 Å². The van der Waals surface area contributed by atoms with Crippen LogP contribution in [0.5, 0.6) is 5.75 Å². The van der Waals surface area contributed by atoms with E-state index in [-0.39, 0.29) is 23.4 Å². The molecule has 2 aliphatic rings. The number of nitrogens with one attached hydrogen (secondary N) is 1. The zero-order chi connectivity index (χ0) is 22.0. The molecule has 4 rings (SSSR count). The molecular weight excluding hydrogens is 390 g/mol. The van der Waals surface area contributed by atoms with E-state index in [1.54, 1.807) is 7.11 Å². The zero-order valence-electron chi connectivity index (χ0n) is 18.6. The average Bonchev–Trinajstić information content (AvgIpc) is 2.77. The molecule has 1 heterocycles. The van der Waals surface area contributed by atoms with Gasteiger partial charge in [-0.05, 0) is 48.6 Å². The Kier molecular flexibility index (Phi) is 6.05. The van der Waals surface area contributed by atoms with Crippen LogP contribution in [0.15, 0.2) is 66.2 Å². The van der Waals surface area contributed by atoms with Gasteiger partial charge in [-0.3, -0.25) is 5.32 Å². The standard InChI is InChI=1S/C26H31NO4/c1-17-14-18(2)26(16-31-25(28)27-21-8-6-5-7-9-21)15-30-24(23(17)19(26)3)20-10-12-22(29-4)13-11-20/h5-14,18-19,23-24H,15-16H2,1-4H3,(H,27,28)/t18-,19+,23+,24-,26+/m1/s1. The van der Waals surface area contributed by atoms with Gasteiger partial charge in [-0.2, -0.15) is 0 Å². The maximum atomic E-state index is 12.4. The number of methoxy groups -OCH3 is 1. The van der Waals surface area contributed by atoms with Crippen molar-refractivity contribution in [3.05, 3.63) is 71.8 Å². The summed E-state index contributed by atoms with van der Waals surface area (Å²) in [6.45, 7) is 7.53. The van der Waals surface area contributed by atoms with E-state index in [0.29, 0.717) is 19.1 Å². The Bertz CT molecular complexity index is 940. The number of amides is 1. The maximum Gasteiger partial charge on any atom is 0.411 e. The summed E-state index contributed by atoms with van der Waals surface area (Å²) in [5, 5.41) is 2.81. The lowest BCUT2D eigenvalue weighted by molar-refractivity contribution is -0.165. The molecule has 1 saturated heterocycles. The Morgan fingerprint density at radius 3 is 2.52 bits per heavy atom. The molecule has 0 aromatic heterocycles. The van der Waals surface area contributed by atoms with E-state index in [4.69, 9.17) is 14.2 Å². The number of allylic oxidation sites excluding steroid dienone is 1. The quantitative estimate of drug-likeness (QED) is 0.615. The molecule has 31 heavy (non-hydrogen) atoms. The van der Waals surface area contributed by atoms with Crippen LogP contribution in [0.4, 0.5) is 10.5 Å². The second kappa shape index (κ2) is 8.75. The molecule has 1 aliphatic heterocycles. The fourth-order valence-electron chi connectivity index (χ4n) is 5.23. The van der Waals surface area contributed by atoms with E-state index in [0.717, 1.165) is 17.0 Å². The van der Waals surface area contributed by atoms with Gasteiger partial charge >= 0.3 is 6.09 Å². The van der Waals surface area contributed by atoms with Crippen LogP contribution in [0.1, 0.15) is 32.4 Å². The predicted molar refractivity (Wildman–Crippen MR) is 121 cm³/mol. The SMILES string of the molecule is COc1ccc([C@H]2OC[C@]3(COC(=O)Nc4ccccc4)[C@H](C)C=C(C)[C@H]2[C@@H]3C)cc1. The van der Waals surface area contributed by atoms with Crippen LogP contribution in [0.2, 0.25) is 0 Å². The highest BCUT2D eigenvalue weighted by Gasteiger charge is 2.54. The average molecular weight is 422 g/mol. The molecule has 0 saturated carbocycles. The van der Waals surface area contributed by atoms with Gasteiger partial charge in [-0.1, -0.05) is 55.8 Å². The molecule has 2 bridgehead atoms. The summed E-state index contributed by atoms with van der Waals surface area (Å²) < 4.78 is 17.5. The van der Waals surface area contributed by atoms with Crippen molar-refractivity contribution in [2.45, 2.75) is 26.9 Å². The second-order valence-corrected chi connectivity index (χ2v) is 8.82. The number of rotatable bonds is 5. The number of anilines is 1. The first-order valence-corrected chi connectivity index (χ1v) is 10.9. The summed E-state index contributed by atoms with van der Waals surface area (Å²) >= 11 is 0. The van der Waals surface area contributed by atoms with Gasteiger partial charge in [0.05, 0.1) is 19.8 Å². The number of hydrogen-bond acceptors (Lipinski definition) is 4. The van der Waals surface area contributed by atoms with Gasteiger partial charge in [-0.15, -0.1) is 0 Å². The van der Waals surface area contributed by atoms with E-state index in [9.17, 15) is 4.79 Å². The number of para-hydroxylation sites is 1. The maximum absolute atomic E-state index is 12.4. The van der Waals surface area contributed by atoms with Gasteiger partial charge in [-0.25, -0.2) is 4.79 Å². The molecule has 1 fully saturated rings. The largest absolute Gasteiger partial charge is 0.497 e. The van der Waals surface area contributed by atoms with Crippen molar-refractivity contribution in [1.29, 1.82) is 0 Å². The summed E-state index contributed by atoms with van der Waals surface area (Å²) in [6, 6.07) is 17.5.